The van der Waals surface area contributed by atoms with Gasteiger partial charge in [-0.1, -0.05) is 12.1 Å². The van der Waals surface area contributed by atoms with E-state index in [-0.39, 0.29) is 11.5 Å². The molecule has 8 nitrogen and oxygen atoms in total. The topological polar surface area (TPSA) is 90.6 Å². The van der Waals surface area contributed by atoms with Crippen LogP contribution in [-0.4, -0.2) is 78.7 Å². The number of hydrogen-bond donors (Lipinski definition) is 2. The normalized spacial score (nSPS) is 18.2. The molecule has 0 saturated carbocycles. The zero-order chi connectivity index (χ0) is 18.5. The summed E-state index contributed by atoms with van der Waals surface area (Å²) in [5.41, 5.74) is 0.539. The van der Waals surface area contributed by atoms with Crippen molar-refractivity contribution < 1.29 is 9.53 Å². The first-order valence-electron chi connectivity index (χ1n) is 8.80. The number of para-hydroxylation sites is 1. The van der Waals surface area contributed by atoms with Crippen LogP contribution in [0.2, 0.25) is 0 Å². The predicted molar refractivity (Wildman–Crippen MR) is 98.9 cm³/mol. The van der Waals surface area contributed by atoms with Crippen molar-refractivity contribution in [1.82, 2.24) is 25.1 Å². The summed E-state index contributed by atoms with van der Waals surface area (Å²) in [5, 5.41) is 3.61. The van der Waals surface area contributed by atoms with Gasteiger partial charge in [0.2, 0.25) is 0 Å². The SMILES string of the molecule is CNCCN(C)C(=O)C1CN(Cc2nc3ccccc3c(=O)[nH]2)CCO1. The van der Waals surface area contributed by atoms with E-state index < -0.39 is 6.10 Å². The maximum Gasteiger partial charge on any atom is 0.258 e. The number of hydrogen-bond acceptors (Lipinski definition) is 6. The number of carbonyl (C=O) groups is 1. The number of morpholine rings is 1. The molecular formula is C18H25N5O3. The number of nitrogens with one attached hydrogen (secondary N) is 2. The predicted octanol–water partition coefficient (Wildman–Crippen LogP) is -0.198. The minimum atomic E-state index is -0.488. The molecule has 8 heteroatoms. The number of fused-ring (bicyclic) bond motifs is 1. The van der Waals surface area contributed by atoms with Crippen LogP contribution in [0.15, 0.2) is 29.1 Å². The summed E-state index contributed by atoms with van der Waals surface area (Å²) in [4.78, 5) is 35.8. The third-order valence-electron chi connectivity index (χ3n) is 4.53. The molecule has 2 aromatic rings. The monoisotopic (exact) mass is 359 g/mol. The lowest BCUT2D eigenvalue weighted by atomic mass is 10.2. The number of carbonyl (C=O) groups excluding carboxylic acids is 1. The molecule has 1 saturated heterocycles. The highest BCUT2D eigenvalue weighted by molar-refractivity contribution is 5.81. The van der Waals surface area contributed by atoms with Crippen LogP contribution in [0.5, 0.6) is 0 Å². The van der Waals surface area contributed by atoms with Crippen molar-refractivity contribution in [3.05, 3.63) is 40.4 Å². The standard InChI is InChI=1S/C18H25N5O3/c1-19-7-8-22(2)18(25)15-11-23(9-10-26-15)12-16-20-14-6-4-3-5-13(14)17(24)21-16/h3-6,15,19H,7-12H2,1-2H3,(H,20,21,24). The van der Waals surface area contributed by atoms with E-state index in [1.807, 2.05) is 25.2 Å². The second-order valence-electron chi connectivity index (χ2n) is 6.49. The molecule has 1 aliphatic rings. The van der Waals surface area contributed by atoms with Gasteiger partial charge in [-0.15, -0.1) is 0 Å². The molecule has 2 heterocycles. The molecule has 26 heavy (non-hydrogen) atoms. The molecule has 1 fully saturated rings. The first kappa shape index (κ1) is 18.5. The van der Waals surface area contributed by atoms with E-state index in [2.05, 4.69) is 20.2 Å². The quantitative estimate of drug-likeness (QED) is 0.743. The van der Waals surface area contributed by atoms with E-state index in [0.717, 1.165) is 6.54 Å². The largest absolute Gasteiger partial charge is 0.366 e. The number of benzene rings is 1. The molecule has 3 rings (SSSR count). The van der Waals surface area contributed by atoms with Crippen molar-refractivity contribution in [3.63, 3.8) is 0 Å². The Morgan fingerprint density at radius 1 is 1.46 bits per heavy atom. The average Bonchev–Trinajstić information content (AvgIpc) is 2.65. The smallest absolute Gasteiger partial charge is 0.258 e. The Morgan fingerprint density at radius 2 is 2.27 bits per heavy atom. The molecule has 1 unspecified atom stereocenters. The van der Waals surface area contributed by atoms with Crippen LogP contribution < -0.4 is 10.9 Å². The zero-order valence-electron chi connectivity index (χ0n) is 15.2. The molecule has 1 aliphatic heterocycles. The van der Waals surface area contributed by atoms with Crippen LogP contribution in [0.25, 0.3) is 10.9 Å². The zero-order valence-corrected chi connectivity index (χ0v) is 15.2. The lowest BCUT2D eigenvalue weighted by Gasteiger charge is -2.33. The molecule has 1 atom stereocenters. The average molecular weight is 359 g/mol. The van der Waals surface area contributed by atoms with Gasteiger partial charge in [-0.2, -0.15) is 0 Å². The van der Waals surface area contributed by atoms with Gasteiger partial charge in [-0.25, -0.2) is 4.98 Å². The lowest BCUT2D eigenvalue weighted by molar-refractivity contribution is -0.148. The second-order valence-corrected chi connectivity index (χ2v) is 6.49. The van der Waals surface area contributed by atoms with Gasteiger partial charge in [0.15, 0.2) is 0 Å². The fraction of sp³-hybridized carbons (Fsp3) is 0.500. The maximum atomic E-state index is 12.5. The fourth-order valence-electron chi connectivity index (χ4n) is 3.05. The van der Waals surface area contributed by atoms with Gasteiger partial charge < -0.3 is 19.9 Å². The Bertz CT molecular complexity index is 822. The van der Waals surface area contributed by atoms with Crippen molar-refractivity contribution >= 4 is 16.8 Å². The Balaban J connectivity index is 1.67. The molecule has 2 N–H and O–H groups in total. The van der Waals surface area contributed by atoms with Gasteiger partial charge in [-0.05, 0) is 19.2 Å². The highest BCUT2D eigenvalue weighted by Crippen LogP contribution is 2.12. The molecular weight excluding hydrogens is 334 g/mol. The van der Waals surface area contributed by atoms with E-state index in [1.165, 1.54) is 0 Å². The Morgan fingerprint density at radius 3 is 3.08 bits per heavy atom. The summed E-state index contributed by atoms with van der Waals surface area (Å²) in [7, 11) is 3.64. The van der Waals surface area contributed by atoms with Crippen LogP contribution in [0.3, 0.4) is 0 Å². The van der Waals surface area contributed by atoms with Crippen LogP contribution in [0.1, 0.15) is 5.82 Å². The molecule has 0 bridgehead atoms. The first-order valence-corrected chi connectivity index (χ1v) is 8.80. The molecule has 1 aromatic carbocycles. The number of H-pyrrole nitrogens is 1. The summed E-state index contributed by atoms with van der Waals surface area (Å²) < 4.78 is 5.66. The van der Waals surface area contributed by atoms with Gasteiger partial charge in [0.25, 0.3) is 11.5 Å². The fourth-order valence-corrected chi connectivity index (χ4v) is 3.05. The Hall–Kier alpha value is -2.29. The van der Waals surface area contributed by atoms with E-state index in [9.17, 15) is 9.59 Å². The molecule has 140 valence electrons. The number of likely N-dealkylation sites (N-methyl/N-ethyl adjacent to an activating group) is 2. The maximum absolute atomic E-state index is 12.5. The van der Waals surface area contributed by atoms with Crippen molar-refractivity contribution in [2.24, 2.45) is 0 Å². The van der Waals surface area contributed by atoms with E-state index in [4.69, 9.17) is 4.74 Å². The number of ether oxygens (including phenoxy) is 1. The summed E-state index contributed by atoms with van der Waals surface area (Å²) in [6.07, 6.45) is -0.488. The molecule has 1 amide bonds. The molecule has 0 spiro atoms. The Labute approximate surface area is 152 Å². The minimum Gasteiger partial charge on any atom is -0.366 e. The van der Waals surface area contributed by atoms with E-state index in [0.29, 0.717) is 49.5 Å². The number of nitrogens with zero attached hydrogens (tertiary/aromatic N) is 3. The van der Waals surface area contributed by atoms with Crippen molar-refractivity contribution in [2.45, 2.75) is 12.6 Å². The summed E-state index contributed by atoms with van der Waals surface area (Å²) in [6.45, 7) is 3.51. The summed E-state index contributed by atoms with van der Waals surface area (Å²) in [6, 6.07) is 7.27. The first-order chi connectivity index (χ1) is 12.6. The van der Waals surface area contributed by atoms with Crippen LogP contribution in [0, 0.1) is 0 Å². The van der Waals surface area contributed by atoms with E-state index >= 15 is 0 Å². The lowest BCUT2D eigenvalue weighted by Crippen LogP contribution is -2.50. The molecule has 1 aromatic heterocycles. The highest BCUT2D eigenvalue weighted by Gasteiger charge is 2.29. The third kappa shape index (κ3) is 4.27. The van der Waals surface area contributed by atoms with E-state index in [1.54, 1.807) is 18.0 Å². The number of aromatic nitrogens is 2. The van der Waals surface area contributed by atoms with Gasteiger partial charge in [0.1, 0.15) is 11.9 Å². The number of amides is 1. The second kappa shape index (κ2) is 8.39. The van der Waals surface area contributed by atoms with Crippen LogP contribution >= 0.6 is 0 Å². The summed E-state index contributed by atoms with van der Waals surface area (Å²) in [5.74, 6) is 0.579. The van der Waals surface area contributed by atoms with Crippen molar-refractivity contribution in [3.8, 4) is 0 Å². The minimum absolute atomic E-state index is 0.0232. The van der Waals surface area contributed by atoms with Gasteiger partial charge >= 0.3 is 0 Å². The summed E-state index contributed by atoms with van der Waals surface area (Å²) >= 11 is 0. The van der Waals surface area contributed by atoms with Crippen LogP contribution in [-0.2, 0) is 16.1 Å². The Kier molecular flexibility index (Phi) is 5.97. The van der Waals surface area contributed by atoms with Crippen molar-refractivity contribution in [1.29, 1.82) is 0 Å². The highest BCUT2D eigenvalue weighted by atomic mass is 16.5. The van der Waals surface area contributed by atoms with Crippen LogP contribution in [0.4, 0.5) is 0 Å². The number of rotatable bonds is 6. The van der Waals surface area contributed by atoms with Crippen molar-refractivity contribution in [2.75, 3.05) is 46.9 Å². The number of aromatic amines is 1. The molecule has 0 aliphatic carbocycles. The van der Waals surface area contributed by atoms with Gasteiger partial charge in [0.05, 0.1) is 24.1 Å². The molecule has 0 radical (unpaired) electrons. The van der Waals surface area contributed by atoms with Gasteiger partial charge in [0, 0.05) is 33.2 Å². The third-order valence-corrected chi connectivity index (χ3v) is 4.53. The van der Waals surface area contributed by atoms with Gasteiger partial charge in [-0.3, -0.25) is 14.5 Å².